The SMILES string of the molecule is Brc1nsnc1-c1ccccc1. The van der Waals surface area contributed by atoms with Crippen LogP contribution in [0.5, 0.6) is 0 Å². The molecule has 60 valence electrons. The lowest BCUT2D eigenvalue weighted by Gasteiger charge is -1.93. The van der Waals surface area contributed by atoms with Crippen molar-refractivity contribution in [2.45, 2.75) is 0 Å². The molecule has 0 spiro atoms. The van der Waals surface area contributed by atoms with E-state index in [0.29, 0.717) is 0 Å². The van der Waals surface area contributed by atoms with Gasteiger partial charge in [0.05, 0.1) is 11.7 Å². The Bertz CT molecular complexity index is 372. The van der Waals surface area contributed by atoms with Gasteiger partial charge in [0.1, 0.15) is 10.3 Å². The maximum atomic E-state index is 4.17. The number of hydrogen-bond acceptors (Lipinski definition) is 3. The third kappa shape index (κ3) is 1.40. The molecule has 2 nitrogen and oxygen atoms in total. The molecule has 1 heterocycles. The van der Waals surface area contributed by atoms with Gasteiger partial charge in [-0.15, -0.1) is 0 Å². The zero-order valence-corrected chi connectivity index (χ0v) is 8.47. The second-order valence-corrected chi connectivity index (χ2v) is 3.55. The van der Waals surface area contributed by atoms with Crippen LogP contribution in [-0.4, -0.2) is 8.75 Å². The summed E-state index contributed by atoms with van der Waals surface area (Å²) in [5.74, 6) is 0. The van der Waals surface area contributed by atoms with Crippen LogP contribution in [0.15, 0.2) is 34.9 Å². The summed E-state index contributed by atoms with van der Waals surface area (Å²) in [5.41, 5.74) is 2.01. The van der Waals surface area contributed by atoms with Crippen molar-refractivity contribution in [2.75, 3.05) is 0 Å². The lowest BCUT2D eigenvalue weighted by Crippen LogP contribution is -1.76. The molecule has 0 amide bonds. The van der Waals surface area contributed by atoms with Gasteiger partial charge >= 0.3 is 0 Å². The van der Waals surface area contributed by atoms with Crippen molar-refractivity contribution in [1.82, 2.24) is 8.75 Å². The number of halogens is 1. The Morgan fingerprint density at radius 2 is 1.83 bits per heavy atom. The Hall–Kier alpha value is -0.740. The van der Waals surface area contributed by atoms with E-state index in [1.54, 1.807) is 0 Å². The van der Waals surface area contributed by atoms with Crippen LogP contribution in [-0.2, 0) is 0 Å². The van der Waals surface area contributed by atoms with Gasteiger partial charge in [0.15, 0.2) is 0 Å². The van der Waals surface area contributed by atoms with Crippen LogP contribution in [0.3, 0.4) is 0 Å². The number of rotatable bonds is 1. The van der Waals surface area contributed by atoms with E-state index in [-0.39, 0.29) is 0 Å². The minimum atomic E-state index is 0.818. The van der Waals surface area contributed by atoms with E-state index in [9.17, 15) is 0 Å². The Labute approximate surface area is 82.7 Å². The first kappa shape index (κ1) is 7.89. The fourth-order valence-corrected chi connectivity index (χ4v) is 2.05. The quantitative estimate of drug-likeness (QED) is 0.767. The molecule has 0 aliphatic heterocycles. The monoisotopic (exact) mass is 240 g/mol. The molecule has 0 aliphatic carbocycles. The van der Waals surface area contributed by atoms with Gasteiger partial charge in [-0.1, -0.05) is 30.3 Å². The maximum Gasteiger partial charge on any atom is 0.147 e. The van der Waals surface area contributed by atoms with Crippen molar-refractivity contribution in [3.8, 4) is 11.3 Å². The summed E-state index contributed by atoms with van der Waals surface area (Å²) in [6.45, 7) is 0. The van der Waals surface area contributed by atoms with Crippen LogP contribution in [0.2, 0.25) is 0 Å². The fraction of sp³-hybridized carbons (Fsp3) is 0. The highest BCUT2D eigenvalue weighted by atomic mass is 79.9. The lowest BCUT2D eigenvalue weighted by atomic mass is 10.2. The van der Waals surface area contributed by atoms with Gasteiger partial charge in [-0.05, 0) is 15.9 Å². The van der Waals surface area contributed by atoms with Crippen LogP contribution < -0.4 is 0 Å². The Kier molecular flexibility index (Phi) is 2.19. The summed E-state index contributed by atoms with van der Waals surface area (Å²) < 4.78 is 9.03. The topological polar surface area (TPSA) is 25.8 Å². The predicted molar refractivity (Wildman–Crippen MR) is 53.0 cm³/mol. The molecule has 0 atom stereocenters. The Balaban J connectivity index is 2.51. The summed E-state index contributed by atoms with van der Waals surface area (Å²) in [4.78, 5) is 0. The van der Waals surface area contributed by atoms with Crippen molar-refractivity contribution in [3.05, 3.63) is 34.9 Å². The highest BCUT2D eigenvalue weighted by Gasteiger charge is 2.05. The molecule has 2 aromatic rings. The average molecular weight is 241 g/mol. The summed E-state index contributed by atoms with van der Waals surface area (Å²) in [6.07, 6.45) is 0. The average Bonchev–Trinajstić information content (AvgIpc) is 2.53. The van der Waals surface area contributed by atoms with Gasteiger partial charge < -0.3 is 0 Å². The van der Waals surface area contributed by atoms with Crippen LogP contribution in [0.1, 0.15) is 0 Å². The highest BCUT2D eigenvalue weighted by molar-refractivity contribution is 9.10. The normalized spacial score (nSPS) is 10.1. The van der Waals surface area contributed by atoms with Crippen molar-refractivity contribution in [2.24, 2.45) is 0 Å². The molecule has 0 saturated carbocycles. The summed E-state index contributed by atoms with van der Waals surface area (Å²) in [6, 6.07) is 9.99. The zero-order chi connectivity index (χ0) is 8.39. The molecular formula is C8H5BrN2S. The van der Waals surface area contributed by atoms with Crippen molar-refractivity contribution in [1.29, 1.82) is 0 Å². The Morgan fingerprint density at radius 3 is 2.42 bits per heavy atom. The third-order valence-corrected chi connectivity index (χ3v) is 2.81. The molecule has 12 heavy (non-hydrogen) atoms. The highest BCUT2D eigenvalue weighted by Crippen LogP contribution is 2.25. The van der Waals surface area contributed by atoms with Gasteiger partial charge in [0.25, 0.3) is 0 Å². The second-order valence-electron chi connectivity index (χ2n) is 2.27. The van der Waals surface area contributed by atoms with Crippen molar-refractivity contribution >= 4 is 27.7 Å². The van der Waals surface area contributed by atoms with Crippen molar-refractivity contribution in [3.63, 3.8) is 0 Å². The summed E-state index contributed by atoms with van der Waals surface area (Å²) in [5, 5.41) is 0. The molecule has 1 aromatic heterocycles. The first-order chi connectivity index (χ1) is 5.88. The maximum absolute atomic E-state index is 4.17. The second kappa shape index (κ2) is 3.33. The molecule has 0 aliphatic rings. The number of aromatic nitrogens is 2. The van der Waals surface area contributed by atoms with Crippen LogP contribution in [0, 0.1) is 0 Å². The summed E-state index contributed by atoms with van der Waals surface area (Å²) >= 11 is 4.55. The van der Waals surface area contributed by atoms with E-state index in [1.165, 1.54) is 11.7 Å². The molecule has 0 saturated heterocycles. The number of hydrogen-bond donors (Lipinski definition) is 0. The van der Waals surface area contributed by atoms with Crippen molar-refractivity contribution < 1.29 is 0 Å². The standard InChI is InChI=1S/C8H5BrN2S/c9-8-7(10-12-11-8)6-4-2-1-3-5-6/h1-5H. The van der Waals surface area contributed by atoms with Gasteiger partial charge in [-0.2, -0.15) is 8.75 Å². The molecule has 0 N–H and O–H groups in total. The van der Waals surface area contributed by atoms with E-state index >= 15 is 0 Å². The molecule has 0 radical (unpaired) electrons. The minimum absolute atomic E-state index is 0.818. The molecule has 1 aromatic carbocycles. The van der Waals surface area contributed by atoms with Gasteiger partial charge in [0.2, 0.25) is 0 Å². The number of nitrogens with zero attached hydrogens (tertiary/aromatic N) is 2. The lowest BCUT2D eigenvalue weighted by molar-refractivity contribution is 1.44. The third-order valence-electron chi connectivity index (χ3n) is 1.50. The molecular weight excluding hydrogens is 236 g/mol. The molecule has 0 unspecified atom stereocenters. The fourth-order valence-electron chi connectivity index (χ4n) is 0.946. The van der Waals surface area contributed by atoms with E-state index in [4.69, 9.17) is 0 Å². The summed E-state index contributed by atoms with van der Waals surface area (Å²) in [7, 11) is 0. The molecule has 0 bridgehead atoms. The predicted octanol–water partition coefficient (Wildman–Crippen LogP) is 2.97. The molecule has 4 heteroatoms. The van der Waals surface area contributed by atoms with Gasteiger partial charge in [-0.3, -0.25) is 0 Å². The molecule has 0 fully saturated rings. The van der Waals surface area contributed by atoms with Crippen LogP contribution in [0.25, 0.3) is 11.3 Å². The van der Waals surface area contributed by atoms with Gasteiger partial charge in [0, 0.05) is 5.56 Å². The molecule has 2 rings (SSSR count). The van der Waals surface area contributed by atoms with E-state index in [1.807, 2.05) is 30.3 Å². The van der Waals surface area contributed by atoms with Crippen LogP contribution in [0.4, 0.5) is 0 Å². The van der Waals surface area contributed by atoms with E-state index < -0.39 is 0 Å². The minimum Gasteiger partial charge on any atom is -0.172 e. The van der Waals surface area contributed by atoms with Gasteiger partial charge in [-0.25, -0.2) is 0 Å². The smallest absolute Gasteiger partial charge is 0.147 e. The Morgan fingerprint density at radius 1 is 1.08 bits per heavy atom. The first-order valence-corrected chi connectivity index (χ1v) is 4.94. The first-order valence-electron chi connectivity index (χ1n) is 3.41. The van der Waals surface area contributed by atoms with E-state index in [2.05, 4.69) is 24.7 Å². The number of benzene rings is 1. The largest absolute Gasteiger partial charge is 0.172 e. The van der Waals surface area contributed by atoms with Crippen LogP contribution >= 0.6 is 27.7 Å². The zero-order valence-electron chi connectivity index (χ0n) is 6.07. The van der Waals surface area contributed by atoms with E-state index in [0.717, 1.165) is 15.9 Å².